The smallest absolute Gasteiger partial charge is 0.250 e. The summed E-state index contributed by atoms with van der Waals surface area (Å²) in [5, 5.41) is 5.65. The number of carbonyl (C=O) groups excluding carboxylic acids is 2. The van der Waals surface area contributed by atoms with Gasteiger partial charge in [0.1, 0.15) is 11.3 Å². The van der Waals surface area contributed by atoms with Gasteiger partial charge in [-0.1, -0.05) is 29.8 Å². The molecule has 4 atom stereocenters. The van der Waals surface area contributed by atoms with Gasteiger partial charge in [0.25, 0.3) is 0 Å². The molecule has 0 aliphatic carbocycles. The number of benzene rings is 2. The summed E-state index contributed by atoms with van der Waals surface area (Å²) in [7, 11) is 1.62. The highest BCUT2D eigenvalue weighted by molar-refractivity contribution is 7.99. The van der Waals surface area contributed by atoms with E-state index in [0.717, 1.165) is 22.6 Å². The monoisotopic (exact) mass is 496 g/mol. The van der Waals surface area contributed by atoms with Gasteiger partial charge in [0.05, 0.1) is 17.9 Å². The molecule has 4 heterocycles. The Morgan fingerprint density at radius 2 is 2.03 bits per heavy atom. The number of thiophene rings is 1. The number of amides is 1. The minimum Gasteiger partial charge on any atom is -0.497 e. The van der Waals surface area contributed by atoms with Crippen molar-refractivity contribution in [3.63, 3.8) is 0 Å². The fraction of sp³-hybridized carbons (Fsp3) is 0.280. The molecule has 5 nitrogen and oxygen atoms in total. The van der Waals surface area contributed by atoms with Gasteiger partial charge >= 0.3 is 0 Å². The van der Waals surface area contributed by atoms with Crippen LogP contribution in [0.25, 0.3) is 0 Å². The van der Waals surface area contributed by atoms with Crippen LogP contribution in [0.2, 0.25) is 5.02 Å². The molecule has 6 rings (SSSR count). The summed E-state index contributed by atoms with van der Waals surface area (Å²) in [6.07, 6.45) is 0. The molecule has 1 spiro atoms. The number of hydrogen-bond acceptors (Lipinski definition) is 6. The van der Waals surface area contributed by atoms with Gasteiger partial charge in [-0.05, 0) is 47.3 Å². The summed E-state index contributed by atoms with van der Waals surface area (Å²) >= 11 is 9.43. The molecular formula is C25H21ClN2O3S2. The first-order chi connectivity index (χ1) is 16.1. The van der Waals surface area contributed by atoms with Crippen LogP contribution in [0.4, 0.5) is 5.69 Å². The third-order valence-electron chi connectivity index (χ3n) is 7.13. The minimum atomic E-state index is -1.09. The maximum absolute atomic E-state index is 14.2. The lowest BCUT2D eigenvalue weighted by atomic mass is 9.70. The van der Waals surface area contributed by atoms with Crippen LogP contribution in [0, 0.1) is 5.92 Å². The van der Waals surface area contributed by atoms with E-state index in [-0.39, 0.29) is 23.7 Å². The summed E-state index contributed by atoms with van der Waals surface area (Å²) in [6.45, 7) is 0. The average Bonchev–Trinajstić information content (AvgIpc) is 3.60. The van der Waals surface area contributed by atoms with Crippen molar-refractivity contribution < 1.29 is 14.3 Å². The SMILES string of the molecule is COc1ccc2c(c1)[C@]1(C(=O)N2)[C@H](C(=O)c2cccs2)[C@@H](c2ccc(Cl)cc2)[C@H]2CSCN21. The van der Waals surface area contributed by atoms with E-state index in [9.17, 15) is 9.59 Å². The van der Waals surface area contributed by atoms with E-state index in [0.29, 0.717) is 21.5 Å². The number of nitrogens with one attached hydrogen (secondary N) is 1. The molecule has 0 unspecified atom stereocenters. The number of hydrogen-bond donors (Lipinski definition) is 1. The Bertz CT molecular complexity index is 1250. The topological polar surface area (TPSA) is 58.6 Å². The number of fused-ring (bicyclic) bond motifs is 4. The number of Topliss-reactive ketones (excluding diaryl/α,β-unsaturated/α-hetero) is 1. The number of halogens is 1. The number of nitrogens with zero attached hydrogens (tertiary/aromatic N) is 1. The van der Waals surface area contributed by atoms with E-state index in [1.54, 1.807) is 18.9 Å². The zero-order valence-electron chi connectivity index (χ0n) is 17.8. The highest BCUT2D eigenvalue weighted by atomic mass is 35.5. The number of thioether (sulfide) groups is 1. The second-order valence-corrected chi connectivity index (χ2v) is 10.9. The lowest BCUT2D eigenvalue weighted by Crippen LogP contribution is -2.52. The molecule has 1 N–H and O–H groups in total. The van der Waals surface area contributed by atoms with Crippen LogP contribution in [0.3, 0.4) is 0 Å². The standard InChI is InChI=1S/C25H21ClN2O3S2/c1-31-16-8-9-18-17(11-16)25(24(30)27-18)22(23(29)20-3-2-10-33-20)21(19-12-32-13-28(19)25)14-4-6-15(26)7-5-14/h2-11,19,21-22H,12-13H2,1H3,(H,27,30)/t19-,21+,22+,25-/m1/s1. The maximum atomic E-state index is 14.2. The second kappa shape index (κ2) is 7.87. The van der Waals surface area contributed by atoms with Gasteiger partial charge in [0.2, 0.25) is 5.91 Å². The number of anilines is 1. The molecule has 1 amide bonds. The van der Waals surface area contributed by atoms with E-state index < -0.39 is 11.5 Å². The molecule has 33 heavy (non-hydrogen) atoms. The van der Waals surface area contributed by atoms with Crippen LogP contribution < -0.4 is 10.1 Å². The predicted octanol–water partition coefficient (Wildman–Crippen LogP) is 5.23. The molecule has 8 heteroatoms. The van der Waals surface area contributed by atoms with Crippen molar-refractivity contribution in [2.75, 3.05) is 24.1 Å². The summed E-state index contributed by atoms with van der Waals surface area (Å²) < 4.78 is 5.52. The summed E-state index contributed by atoms with van der Waals surface area (Å²) in [4.78, 5) is 31.1. The molecule has 1 aromatic heterocycles. The number of ether oxygens (including phenoxy) is 1. The van der Waals surface area contributed by atoms with Gasteiger partial charge < -0.3 is 10.1 Å². The van der Waals surface area contributed by atoms with Gasteiger partial charge in [-0.3, -0.25) is 14.5 Å². The lowest BCUT2D eigenvalue weighted by Gasteiger charge is -2.36. The summed E-state index contributed by atoms with van der Waals surface area (Å²) in [6, 6.07) is 17.2. The Morgan fingerprint density at radius 1 is 1.21 bits per heavy atom. The molecule has 2 fully saturated rings. The van der Waals surface area contributed by atoms with Crippen molar-refractivity contribution in [3.8, 4) is 5.75 Å². The van der Waals surface area contributed by atoms with Gasteiger partial charge in [-0.2, -0.15) is 0 Å². The molecular weight excluding hydrogens is 476 g/mol. The molecule has 2 aromatic carbocycles. The van der Waals surface area contributed by atoms with E-state index in [2.05, 4.69) is 10.2 Å². The van der Waals surface area contributed by atoms with E-state index in [1.807, 2.05) is 60.0 Å². The van der Waals surface area contributed by atoms with Crippen molar-refractivity contribution in [2.24, 2.45) is 5.92 Å². The van der Waals surface area contributed by atoms with E-state index in [1.165, 1.54) is 11.3 Å². The molecule has 3 aromatic rings. The number of carbonyl (C=O) groups is 2. The van der Waals surface area contributed by atoms with Crippen LogP contribution in [0.15, 0.2) is 60.0 Å². The molecule has 168 valence electrons. The fourth-order valence-electron chi connectivity index (χ4n) is 5.81. The van der Waals surface area contributed by atoms with Crippen LogP contribution in [-0.2, 0) is 10.3 Å². The zero-order chi connectivity index (χ0) is 22.7. The molecule has 3 aliphatic rings. The van der Waals surface area contributed by atoms with Crippen LogP contribution in [-0.4, -0.2) is 41.4 Å². The zero-order valence-corrected chi connectivity index (χ0v) is 20.2. The minimum absolute atomic E-state index is 0.00942. The highest BCUT2D eigenvalue weighted by Crippen LogP contribution is 2.61. The van der Waals surface area contributed by atoms with Crippen LogP contribution in [0.5, 0.6) is 5.75 Å². The second-order valence-electron chi connectivity index (χ2n) is 8.57. The molecule has 0 saturated carbocycles. The normalized spacial score (nSPS) is 28.1. The van der Waals surface area contributed by atoms with Gasteiger partial charge in [-0.25, -0.2) is 0 Å². The predicted molar refractivity (Wildman–Crippen MR) is 133 cm³/mol. The number of ketones is 1. The maximum Gasteiger partial charge on any atom is 0.250 e. The molecule has 0 radical (unpaired) electrons. The summed E-state index contributed by atoms with van der Waals surface area (Å²) in [5.74, 6) is 1.37. The lowest BCUT2D eigenvalue weighted by molar-refractivity contribution is -0.127. The van der Waals surface area contributed by atoms with E-state index in [4.69, 9.17) is 16.3 Å². The number of methoxy groups -OCH3 is 1. The van der Waals surface area contributed by atoms with Crippen LogP contribution in [0.1, 0.15) is 26.7 Å². The quantitative estimate of drug-likeness (QED) is 0.501. The van der Waals surface area contributed by atoms with Gasteiger partial charge in [0.15, 0.2) is 5.78 Å². The Morgan fingerprint density at radius 3 is 2.76 bits per heavy atom. The average molecular weight is 497 g/mol. The Hall–Kier alpha value is -2.32. The first-order valence-corrected chi connectivity index (χ1v) is 13.1. The van der Waals surface area contributed by atoms with Crippen molar-refractivity contribution in [2.45, 2.75) is 17.5 Å². The molecule has 2 saturated heterocycles. The third kappa shape index (κ3) is 2.96. The van der Waals surface area contributed by atoms with Gasteiger partial charge in [0, 0.05) is 39.9 Å². The van der Waals surface area contributed by atoms with E-state index >= 15 is 0 Å². The molecule has 3 aliphatic heterocycles. The molecule has 0 bridgehead atoms. The Labute approximate surface area is 205 Å². The Balaban J connectivity index is 1.62. The third-order valence-corrected chi connectivity index (χ3v) is 9.30. The van der Waals surface area contributed by atoms with Crippen molar-refractivity contribution in [3.05, 3.63) is 81.0 Å². The fourth-order valence-corrected chi connectivity index (χ4v) is 7.97. The first kappa shape index (κ1) is 21.2. The number of rotatable bonds is 4. The van der Waals surface area contributed by atoms with Crippen molar-refractivity contribution >= 4 is 52.1 Å². The first-order valence-electron chi connectivity index (χ1n) is 10.7. The van der Waals surface area contributed by atoms with Crippen LogP contribution >= 0.6 is 34.7 Å². The van der Waals surface area contributed by atoms with Gasteiger partial charge in [-0.15, -0.1) is 23.1 Å². The largest absolute Gasteiger partial charge is 0.497 e. The van der Waals surface area contributed by atoms with Crippen molar-refractivity contribution in [1.82, 2.24) is 4.90 Å². The Kier molecular flexibility index (Phi) is 5.07. The summed E-state index contributed by atoms with van der Waals surface area (Å²) in [5.41, 5.74) is 1.51. The highest BCUT2D eigenvalue weighted by Gasteiger charge is 2.69. The van der Waals surface area contributed by atoms with Crippen molar-refractivity contribution in [1.29, 1.82) is 0 Å².